The highest BCUT2D eigenvalue weighted by molar-refractivity contribution is 5.94. The Morgan fingerprint density at radius 1 is 1.07 bits per heavy atom. The van der Waals surface area contributed by atoms with Gasteiger partial charge in [-0.15, -0.1) is 0 Å². The Bertz CT molecular complexity index is 980. The summed E-state index contributed by atoms with van der Waals surface area (Å²) in [4.78, 5) is 15.6. The van der Waals surface area contributed by atoms with Crippen molar-refractivity contribution in [2.45, 2.75) is 26.2 Å². The molecule has 0 bridgehead atoms. The first-order valence-electron chi connectivity index (χ1n) is 9.25. The molecule has 0 spiro atoms. The number of halogens is 1. The number of carbonyl (C=O) groups excluding carboxylic acids is 1. The van der Waals surface area contributed by atoms with Gasteiger partial charge in [0.1, 0.15) is 5.82 Å². The summed E-state index contributed by atoms with van der Waals surface area (Å²) in [7, 11) is 3.13. The van der Waals surface area contributed by atoms with Gasteiger partial charge in [0.15, 0.2) is 11.5 Å². The molecule has 1 heterocycles. The number of nitrogens with one attached hydrogen (secondary N) is 1. The van der Waals surface area contributed by atoms with E-state index >= 15 is 0 Å². The molecule has 3 rings (SSSR count). The van der Waals surface area contributed by atoms with E-state index < -0.39 is 0 Å². The largest absolute Gasteiger partial charge is 0.493 e. The first kappa shape index (κ1) is 19.7. The SMILES string of the molecule is CCCCOC(=O)Cc1c(-c2ccc(OC)c(OC)c2)[nH]c2ccc(F)cc12. The average Bonchev–Trinajstić information content (AvgIpc) is 3.05. The van der Waals surface area contributed by atoms with E-state index in [1.807, 2.05) is 19.1 Å². The zero-order chi connectivity index (χ0) is 20.1. The van der Waals surface area contributed by atoms with E-state index in [-0.39, 0.29) is 18.2 Å². The predicted molar refractivity (Wildman–Crippen MR) is 106 cm³/mol. The van der Waals surface area contributed by atoms with Crippen molar-refractivity contribution in [1.29, 1.82) is 0 Å². The maximum absolute atomic E-state index is 13.9. The number of benzene rings is 2. The molecule has 0 atom stereocenters. The van der Waals surface area contributed by atoms with E-state index in [0.29, 0.717) is 29.1 Å². The maximum Gasteiger partial charge on any atom is 0.310 e. The molecular formula is C22H24FNO4. The zero-order valence-corrected chi connectivity index (χ0v) is 16.3. The van der Waals surface area contributed by atoms with Crippen molar-refractivity contribution in [2.75, 3.05) is 20.8 Å². The van der Waals surface area contributed by atoms with Gasteiger partial charge in [0.05, 0.1) is 32.9 Å². The van der Waals surface area contributed by atoms with Gasteiger partial charge in [-0.2, -0.15) is 0 Å². The number of rotatable bonds is 8. The van der Waals surface area contributed by atoms with Gasteiger partial charge < -0.3 is 19.2 Å². The number of aromatic amines is 1. The van der Waals surface area contributed by atoms with E-state index in [9.17, 15) is 9.18 Å². The Hall–Kier alpha value is -3.02. The molecule has 0 radical (unpaired) electrons. The number of hydrogen-bond donors (Lipinski definition) is 1. The quantitative estimate of drug-likeness (QED) is 0.444. The van der Waals surface area contributed by atoms with E-state index in [2.05, 4.69) is 4.98 Å². The molecule has 6 heteroatoms. The Labute approximate surface area is 163 Å². The first-order chi connectivity index (χ1) is 13.6. The molecule has 0 unspecified atom stereocenters. The minimum atomic E-state index is -0.356. The van der Waals surface area contributed by atoms with Gasteiger partial charge in [-0.25, -0.2) is 4.39 Å². The van der Waals surface area contributed by atoms with Gasteiger partial charge in [0, 0.05) is 16.5 Å². The van der Waals surface area contributed by atoms with Crippen molar-refractivity contribution in [2.24, 2.45) is 0 Å². The van der Waals surface area contributed by atoms with Crippen LogP contribution in [0.2, 0.25) is 0 Å². The Morgan fingerprint density at radius 3 is 2.57 bits per heavy atom. The number of ether oxygens (including phenoxy) is 3. The van der Waals surface area contributed by atoms with Crippen LogP contribution < -0.4 is 9.47 Å². The molecule has 0 aliphatic heterocycles. The third-order valence-corrected chi connectivity index (χ3v) is 4.62. The number of methoxy groups -OCH3 is 2. The lowest BCUT2D eigenvalue weighted by Crippen LogP contribution is -2.09. The molecule has 0 fully saturated rings. The second-order valence-electron chi connectivity index (χ2n) is 6.49. The van der Waals surface area contributed by atoms with Crippen LogP contribution in [-0.2, 0) is 16.0 Å². The Kier molecular flexibility index (Phi) is 6.19. The fourth-order valence-corrected chi connectivity index (χ4v) is 3.17. The molecule has 148 valence electrons. The number of aromatic nitrogens is 1. The molecule has 3 aromatic rings. The molecule has 0 saturated heterocycles. The fraction of sp³-hybridized carbons (Fsp3) is 0.318. The Morgan fingerprint density at radius 2 is 1.86 bits per heavy atom. The van der Waals surface area contributed by atoms with E-state index in [1.54, 1.807) is 26.4 Å². The maximum atomic E-state index is 13.9. The third kappa shape index (κ3) is 4.11. The van der Waals surface area contributed by atoms with E-state index in [1.165, 1.54) is 12.1 Å². The van der Waals surface area contributed by atoms with Gasteiger partial charge in [-0.05, 0) is 48.4 Å². The molecule has 2 aromatic carbocycles. The van der Waals surface area contributed by atoms with Crippen LogP contribution in [0.15, 0.2) is 36.4 Å². The molecule has 5 nitrogen and oxygen atoms in total. The van der Waals surface area contributed by atoms with Crippen molar-refractivity contribution in [3.63, 3.8) is 0 Å². The van der Waals surface area contributed by atoms with Gasteiger partial charge in [-0.3, -0.25) is 4.79 Å². The number of hydrogen-bond acceptors (Lipinski definition) is 4. The van der Waals surface area contributed by atoms with Gasteiger partial charge in [0.2, 0.25) is 0 Å². The van der Waals surface area contributed by atoms with Gasteiger partial charge in [-0.1, -0.05) is 13.3 Å². The summed E-state index contributed by atoms with van der Waals surface area (Å²) in [5, 5.41) is 0.664. The average molecular weight is 385 g/mol. The van der Waals surface area contributed by atoms with Crippen molar-refractivity contribution >= 4 is 16.9 Å². The van der Waals surface area contributed by atoms with Crippen LogP contribution in [0.3, 0.4) is 0 Å². The van der Waals surface area contributed by atoms with Crippen LogP contribution in [0.25, 0.3) is 22.2 Å². The molecule has 0 saturated carbocycles. The number of fused-ring (bicyclic) bond motifs is 1. The highest BCUT2D eigenvalue weighted by Gasteiger charge is 2.19. The predicted octanol–water partition coefficient (Wildman–Crippen LogP) is 4.88. The topological polar surface area (TPSA) is 60.6 Å². The van der Waals surface area contributed by atoms with Crippen molar-refractivity contribution in [3.8, 4) is 22.8 Å². The molecular weight excluding hydrogens is 361 g/mol. The van der Waals surface area contributed by atoms with Gasteiger partial charge >= 0.3 is 5.97 Å². The van der Waals surface area contributed by atoms with Crippen LogP contribution in [0, 0.1) is 5.82 Å². The second-order valence-corrected chi connectivity index (χ2v) is 6.49. The first-order valence-corrected chi connectivity index (χ1v) is 9.25. The summed E-state index contributed by atoms with van der Waals surface area (Å²) in [6.45, 7) is 2.42. The van der Waals surface area contributed by atoms with Crippen LogP contribution in [0.1, 0.15) is 25.3 Å². The van der Waals surface area contributed by atoms with Crippen LogP contribution in [0.5, 0.6) is 11.5 Å². The third-order valence-electron chi connectivity index (χ3n) is 4.62. The smallest absolute Gasteiger partial charge is 0.310 e. The summed E-state index contributed by atoms with van der Waals surface area (Å²) >= 11 is 0. The van der Waals surface area contributed by atoms with E-state index in [4.69, 9.17) is 14.2 Å². The van der Waals surface area contributed by atoms with E-state index in [0.717, 1.165) is 29.6 Å². The lowest BCUT2D eigenvalue weighted by molar-refractivity contribution is -0.142. The highest BCUT2D eigenvalue weighted by atomic mass is 19.1. The molecule has 0 amide bonds. The van der Waals surface area contributed by atoms with Crippen molar-refractivity contribution in [1.82, 2.24) is 4.98 Å². The normalized spacial score (nSPS) is 10.9. The highest BCUT2D eigenvalue weighted by Crippen LogP contribution is 2.36. The van der Waals surface area contributed by atoms with Crippen molar-refractivity contribution in [3.05, 3.63) is 47.8 Å². The van der Waals surface area contributed by atoms with Crippen molar-refractivity contribution < 1.29 is 23.4 Å². The van der Waals surface area contributed by atoms with Crippen LogP contribution in [0.4, 0.5) is 4.39 Å². The lowest BCUT2D eigenvalue weighted by atomic mass is 10.0. The zero-order valence-electron chi connectivity index (χ0n) is 16.3. The molecule has 0 aliphatic carbocycles. The minimum Gasteiger partial charge on any atom is -0.493 e. The summed E-state index contributed by atoms with van der Waals surface area (Å²) in [5.74, 6) is 0.488. The number of carbonyl (C=O) groups is 1. The summed E-state index contributed by atoms with van der Waals surface area (Å²) in [6, 6.07) is 9.98. The standard InChI is InChI=1S/C22H24FNO4/c1-4-5-10-28-21(25)13-17-16-12-15(23)7-8-18(16)24-22(17)14-6-9-19(26-2)20(11-14)27-3/h6-9,11-12,24H,4-5,10,13H2,1-3H3. The van der Waals surface area contributed by atoms with Crippen LogP contribution >= 0.6 is 0 Å². The minimum absolute atomic E-state index is 0.0524. The summed E-state index contributed by atoms with van der Waals surface area (Å²) in [5.41, 5.74) is 2.99. The molecule has 1 aromatic heterocycles. The number of H-pyrrole nitrogens is 1. The van der Waals surface area contributed by atoms with Crippen LogP contribution in [-0.4, -0.2) is 31.8 Å². The second kappa shape index (κ2) is 8.78. The molecule has 0 aliphatic rings. The summed E-state index contributed by atoms with van der Waals surface area (Å²) in [6.07, 6.45) is 1.82. The molecule has 28 heavy (non-hydrogen) atoms. The summed E-state index contributed by atoms with van der Waals surface area (Å²) < 4.78 is 29.9. The lowest BCUT2D eigenvalue weighted by Gasteiger charge is -2.10. The fourth-order valence-electron chi connectivity index (χ4n) is 3.17. The monoisotopic (exact) mass is 385 g/mol. The Balaban J connectivity index is 2.05. The van der Waals surface area contributed by atoms with Gasteiger partial charge in [0.25, 0.3) is 0 Å². The molecule has 1 N–H and O–H groups in total. The number of esters is 1. The number of unbranched alkanes of at least 4 members (excludes halogenated alkanes) is 1.